The van der Waals surface area contributed by atoms with E-state index < -0.39 is 4.92 Å². The third-order valence-electron chi connectivity index (χ3n) is 4.48. The molecule has 0 aliphatic carbocycles. The number of nitro benzene ring substituents is 1. The molecule has 8 nitrogen and oxygen atoms in total. The summed E-state index contributed by atoms with van der Waals surface area (Å²) < 4.78 is 7.14. The maximum atomic E-state index is 12.7. The quantitative estimate of drug-likeness (QED) is 0.567. The van der Waals surface area contributed by atoms with E-state index >= 15 is 0 Å². The minimum absolute atomic E-state index is 0.159. The Bertz CT molecular complexity index is 1000. The van der Waals surface area contributed by atoms with Gasteiger partial charge in [-0.1, -0.05) is 18.2 Å². The molecule has 136 valence electrons. The predicted octanol–water partition coefficient (Wildman–Crippen LogP) is 3.03. The highest BCUT2D eigenvalue weighted by Gasteiger charge is 2.24. The average Bonchev–Trinajstić information content (AvgIpc) is 3.22. The van der Waals surface area contributed by atoms with Crippen molar-refractivity contribution >= 4 is 11.6 Å². The molecule has 0 saturated heterocycles. The zero-order valence-corrected chi connectivity index (χ0v) is 14.2. The lowest BCUT2D eigenvalue weighted by atomic mass is 10.00. The number of para-hydroxylation sites is 1. The van der Waals surface area contributed by atoms with Crippen LogP contribution in [0.1, 0.15) is 28.4 Å². The first-order valence-corrected chi connectivity index (χ1v) is 8.43. The van der Waals surface area contributed by atoms with Gasteiger partial charge in [-0.05, 0) is 18.2 Å². The first-order valence-electron chi connectivity index (χ1n) is 8.43. The zero-order chi connectivity index (χ0) is 18.8. The van der Waals surface area contributed by atoms with Gasteiger partial charge in [-0.3, -0.25) is 14.9 Å². The zero-order valence-electron chi connectivity index (χ0n) is 14.2. The van der Waals surface area contributed by atoms with Gasteiger partial charge in [0.05, 0.1) is 23.9 Å². The van der Waals surface area contributed by atoms with E-state index in [1.807, 2.05) is 24.3 Å². The standard InChI is InChI=1S/C19H16N4O4/c24-19(21-15-7-10-27-18-4-2-1-3-14(15)18)13-5-6-16(17(11-13)23(25)26)22-9-8-20-12-22/h1-6,8-9,11-12,15H,7,10H2,(H,21,24). The van der Waals surface area contributed by atoms with Crippen LogP contribution < -0.4 is 10.1 Å². The highest BCUT2D eigenvalue weighted by molar-refractivity contribution is 5.95. The fraction of sp³-hybridized carbons (Fsp3) is 0.158. The number of fused-ring (bicyclic) bond motifs is 1. The van der Waals surface area contributed by atoms with Gasteiger partial charge >= 0.3 is 0 Å². The van der Waals surface area contributed by atoms with Crippen molar-refractivity contribution in [2.45, 2.75) is 12.5 Å². The smallest absolute Gasteiger partial charge is 0.294 e. The van der Waals surface area contributed by atoms with E-state index in [-0.39, 0.29) is 23.2 Å². The number of rotatable bonds is 4. The third-order valence-corrected chi connectivity index (χ3v) is 4.48. The summed E-state index contributed by atoms with van der Waals surface area (Å²) in [6.45, 7) is 0.502. The van der Waals surface area contributed by atoms with E-state index in [0.29, 0.717) is 18.7 Å². The van der Waals surface area contributed by atoms with Gasteiger partial charge in [0, 0.05) is 36.0 Å². The molecule has 1 N–H and O–H groups in total. The molecule has 0 bridgehead atoms. The molecule has 1 aromatic heterocycles. The van der Waals surface area contributed by atoms with Crippen molar-refractivity contribution in [2.24, 2.45) is 0 Å². The maximum absolute atomic E-state index is 12.7. The Balaban J connectivity index is 1.62. The molecular formula is C19H16N4O4. The summed E-state index contributed by atoms with van der Waals surface area (Å²) in [5, 5.41) is 14.4. The summed E-state index contributed by atoms with van der Waals surface area (Å²) in [6, 6.07) is 11.7. The molecule has 0 saturated carbocycles. The molecule has 1 atom stereocenters. The van der Waals surface area contributed by atoms with E-state index in [9.17, 15) is 14.9 Å². The Morgan fingerprint density at radius 2 is 2.15 bits per heavy atom. The number of benzene rings is 2. The molecular weight excluding hydrogens is 348 g/mol. The summed E-state index contributed by atoms with van der Waals surface area (Å²) in [5.41, 5.74) is 1.33. The number of aromatic nitrogens is 2. The Labute approximate surface area is 154 Å². The lowest BCUT2D eigenvalue weighted by Crippen LogP contribution is -2.32. The van der Waals surface area contributed by atoms with Crippen molar-refractivity contribution < 1.29 is 14.5 Å². The largest absolute Gasteiger partial charge is 0.493 e. The molecule has 4 rings (SSSR count). The summed E-state index contributed by atoms with van der Waals surface area (Å²) in [5.74, 6) is 0.382. The number of carbonyl (C=O) groups excluding carboxylic acids is 1. The fourth-order valence-corrected chi connectivity index (χ4v) is 3.16. The van der Waals surface area contributed by atoms with Crippen LogP contribution in [-0.2, 0) is 0 Å². The number of nitro groups is 1. The van der Waals surface area contributed by atoms with E-state index in [0.717, 1.165) is 11.3 Å². The minimum atomic E-state index is -0.504. The van der Waals surface area contributed by atoms with Crippen LogP contribution >= 0.6 is 0 Å². The molecule has 0 radical (unpaired) electrons. The summed E-state index contributed by atoms with van der Waals surface area (Å²) >= 11 is 0. The SMILES string of the molecule is O=C(NC1CCOc2ccccc21)c1ccc(-n2ccnc2)c([N+](=O)[O-])c1. The molecule has 1 aliphatic heterocycles. The maximum Gasteiger partial charge on any atom is 0.294 e. The van der Waals surface area contributed by atoms with Crippen molar-refractivity contribution in [3.8, 4) is 11.4 Å². The Morgan fingerprint density at radius 1 is 1.30 bits per heavy atom. The van der Waals surface area contributed by atoms with Gasteiger partial charge in [0.1, 0.15) is 11.4 Å². The van der Waals surface area contributed by atoms with Gasteiger partial charge in [-0.25, -0.2) is 4.98 Å². The molecule has 8 heteroatoms. The van der Waals surface area contributed by atoms with Gasteiger partial charge in [-0.2, -0.15) is 0 Å². The lowest BCUT2D eigenvalue weighted by molar-refractivity contribution is -0.384. The summed E-state index contributed by atoms with van der Waals surface area (Å²) in [6.07, 6.45) is 5.26. The highest BCUT2D eigenvalue weighted by Crippen LogP contribution is 2.32. The molecule has 1 aliphatic rings. The van der Waals surface area contributed by atoms with Crippen LogP contribution in [0.5, 0.6) is 5.75 Å². The van der Waals surface area contributed by atoms with E-state index in [2.05, 4.69) is 10.3 Å². The minimum Gasteiger partial charge on any atom is -0.493 e. The van der Waals surface area contributed by atoms with E-state index in [1.54, 1.807) is 18.3 Å². The number of hydrogen-bond acceptors (Lipinski definition) is 5. The normalized spacial score (nSPS) is 15.5. The van der Waals surface area contributed by atoms with Crippen molar-refractivity contribution in [3.05, 3.63) is 82.4 Å². The van der Waals surface area contributed by atoms with Crippen LogP contribution in [-0.4, -0.2) is 27.0 Å². The summed E-state index contributed by atoms with van der Waals surface area (Å²) in [7, 11) is 0. The Hall–Kier alpha value is -3.68. The van der Waals surface area contributed by atoms with Crippen LogP contribution in [0.4, 0.5) is 5.69 Å². The molecule has 2 aromatic carbocycles. The fourth-order valence-electron chi connectivity index (χ4n) is 3.16. The number of amides is 1. The van der Waals surface area contributed by atoms with Crippen LogP contribution in [0, 0.1) is 10.1 Å². The van der Waals surface area contributed by atoms with Crippen LogP contribution in [0.15, 0.2) is 61.2 Å². The second kappa shape index (κ2) is 6.91. The third kappa shape index (κ3) is 3.24. The monoisotopic (exact) mass is 364 g/mol. The van der Waals surface area contributed by atoms with Crippen LogP contribution in [0.3, 0.4) is 0 Å². The number of ether oxygens (including phenoxy) is 1. The first-order chi connectivity index (χ1) is 13.1. The van der Waals surface area contributed by atoms with Crippen molar-refractivity contribution in [1.82, 2.24) is 14.9 Å². The molecule has 0 fully saturated rings. The molecule has 1 amide bonds. The average molecular weight is 364 g/mol. The molecule has 2 heterocycles. The number of imidazole rings is 1. The lowest BCUT2D eigenvalue weighted by Gasteiger charge is -2.26. The molecule has 0 spiro atoms. The van der Waals surface area contributed by atoms with E-state index in [1.165, 1.54) is 23.2 Å². The van der Waals surface area contributed by atoms with Crippen LogP contribution in [0.25, 0.3) is 5.69 Å². The van der Waals surface area contributed by atoms with Gasteiger partial charge < -0.3 is 14.6 Å². The Kier molecular flexibility index (Phi) is 4.29. The van der Waals surface area contributed by atoms with Crippen molar-refractivity contribution in [3.63, 3.8) is 0 Å². The molecule has 27 heavy (non-hydrogen) atoms. The number of hydrogen-bond donors (Lipinski definition) is 1. The molecule has 1 unspecified atom stereocenters. The molecule has 3 aromatic rings. The summed E-state index contributed by atoms with van der Waals surface area (Å²) in [4.78, 5) is 27.6. The van der Waals surface area contributed by atoms with Gasteiger partial charge in [0.25, 0.3) is 11.6 Å². The van der Waals surface area contributed by atoms with Gasteiger partial charge in [0.2, 0.25) is 0 Å². The van der Waals surface area contributed by atoms with Crippen molar-refractivity contribution in [1.29, 1.82) is 0 Å². The topological polar surface area (TPSA) is 99.3 Å². The Morgan fingerprint density at radius 3 is 2.93 bits per heavy atom. The number of nitrogens with one attached hydrogen (secondary N) is 1. The van der Waals surface area contributed by atoms with Crippen molar-refractivity contribution in [2.75, 3.05) is 6.61 Å². The van der Waals surface area contributed by atoms with Gasteiger partial charge in [-0.15, -0.1) is 0 Å². The van der Waals surface area contributed by atoms with Gasteiger partial charge in [0.15, 0.2) is 0 Å². The number of carbonyl (C=O) groups is 1. The first kappa shape index (κ1) is 16.8. The van der Waals surface area contributed by atoms with E-state index in [4.69, 9.17) is 4.74 Å². The number of nitrogens with zero attached hydrogens (tertiary/aromatic N) is 3. The highest BCUT2D eigenvalue weighted by atomic mass is 16.6. The second-order valence-corrected chi connectivity index (χ2v) is 6.13. The van der Waals surface area contributed by atoms with Crippen LogP contribution in [0.2, 0.25) is 0 Å². The predicted molar refractivity (Wildman–Crippen MR) is 97.0 cm³/mol. The second-order valence-electron chi connectivity index (χ2n) is 6.13.